The van der Waals surface area contributed by atoms with Gasteiger partial charge in [-0.1, -0.05) is 30.3 Å². The van der Waals surface area contributed by atoms with Gasteiger partial charge in [-0.25, -0.2) is 4.39 Å². The van der Waals surface area contributed by atoms with Crippen LogP contribution in [-0.4, -0.2) is 33.9 Å². The molecular formula is C26H24FN3O3S. The van der Waals surface area contributed by atoms with Crippen LogP contribution in [0.1, 0.15) is 28.5 Å². The number of hydrogen-bond donors (Lipinski definition) is 1. The number of nitrogens with one attached hydrogen (secondary N) is 1. The lowest BCUT2D eigenvalue weighted by Gasteiger charge is -2.44. The Bertz CT molecular complexity index is 1380. The molecule has 6 nitrogen and oxygen atoms in total. The summed E-state index contributed by atoms with van der Waals surface area (Å²) in [6.45, 7) is 2.58. The Morgan fingerprint density at radius 1 is 1.18 bits per heavy atom. The van der Waals surface area contributed by atoms with Gasteiger partial charge in [-0.15, -0.1) is 11.3 Å². The first-order valence-corrected chi connectivity index (χ1v) is 11.8. The van der Waals surface area contributed by atoms with Crippen molar-refractivity contribution in [3.05, 3.63) is 88.7 Å². The molecule has 0 radical (unpaired) electrons. The van der Waals surface area contributed by atoms with E-state index in [0.29, 0.717) is 18.0 Å². The molecule has 3 heterocycles. The minimum Gasteiger partial charge on any atom is -0.496 e. The van der Waals surface area contributed by atoms with Crippen molar-refractivity contribution >= 4 is 33.4 Å². The van der Waals surface area contributed by atoms with Crippen molar-refractivity contribution in [3.8, 4) is 5.75 Å². The van der Waals surface area contributed by atoms with Crippen LogP contribution < -0.4 is 10.1 Å². The van der Waals surface area contributed by atoms with Crippen LogP contribution in [0.15, 0.2) is 66.0 Å². The van der Waals surface area contributed by atoms with Crippen molar-refractivity contribution < 1.29 is 18.7 Å². The third-order valence-corrected chi connectivity index (χ3v) is 7.36. The molecule has 1 N–H and O–H groups in total. The van der Waals surface area contributed by atoms with E-state index < -0.39 is 5.54 Å². The molecule has 5 rings (SSSR count). The van der Waals surface area contributed by atoms with E-state index in [-0.39, 0.29) is 30.7 Å². The predicted molar refractivity (Wildman–Crippen MR) is 129 cm³/mol. The van der Waals surface area contributed by atoms with Crippen molar-refractivity contribution in [2.24, 2.45) is 0 Å². The van der Waals surface area contributed by atoms with Gasteiger partial charge in [-0.2, -0.15) is 0 Å². The second-order valence-corrected chi connectivity index (χ2v) is 9.48. The minimum atomic E-state index is -1.15. The highest BCUT2D eigenvalue weighted by atomic mass is 32.1. The summed E-state index contributed by atoms with van der Waals surface area (Å²) < 4.78 is 20.7. The molecule has 8 heteroatoms. The van der Waals surface area contributed by atoms with Crippen molar-refractivity contribution in [3.63, 3.8) is 0 Å². The van der Waals surface area contributed by atoms with Gasteiger partial charge in [0, 0.05) is 17.5 Å². The van der Waals surface area contributed by atoms with E-state index in [1.54, 1.807) is 42.4 Å². The summed E-state index contributed by atoms with van der Waals surface area (Å²) in [5.74, 6) is -0.154. The van der Waals surface area contributed by atoms with Crippen LogP contribution in [0.5, 0.6) is 5.75 Å². The fourth-order valence-electron chi connectivity index (χ4n) is 4.48. The van der Waals surface area contributed by atoms with Crippen LogP contribution in [-0.2, 0) is 24.4 Å². The number of para-hydroxylation sites is 1. The zero-order valence-corrected chi connectivity index (χ0v) is 19.7. The van der Waals surface area contributed by atoms with Crippen LogP contribution in [0.4, 0.5) is 4.39 Å². The molecular weight excluding hydrogens is 453 g/mol. The highest BCUT2D eigenvalue weighted by Gasteiger charge is 2.48. The van der Waals surface area contributed by atoms with Gasteiger partial charge >= 0.3 is 0 Å². The molecule has 2 aromatic heterocycles. The number of aromatic nitrogens is 1. The van der Waals surface area contributed by atoms with Gasteiger partial charge in [-0.05, 0) is 48.2 Å². The quantitative estimate of drug-likeness (QED) is 0.442. The van der Waals surface area contributed by atoms with Crippen LogP contribution in [0.3, 0.4) is 0 Å². The van der Waals surface area contributed by atoms with Crippen molar-refractivity contribution in [2.75, 3.05) is 7.11 Å². The molecule has 2 amide bonds. The summed E-state index contributed by atoms with van der Waals surface area (Å²) in [5.41, 5.74) is 1.01. The Hall–Kier alpha value is -3.65. The molecule has 34 heavy (non-hydrogen) atoms. The van der Waals surface area contributed by atoms with E-state index in [1.165, 1.54) is 12.1 Å². The molecule has 0 unspecified atom stereocenters. The summed E-state index contributed by atoms with van der Waals surface area (Å²) in [4.78, 5) is 30.0. The molecule has 1 atom stereocenters. The maximum atomic E-state index is 13.8. The summed E-state index contributed by atoms with van der Waals surface area (Å²) in [6.07, 6.45) is 0. The number of halogens is 1. The molecule has 0 spiro atoms. The van der Waals surface area contributed by atoms with Gasteiger partial charge in [0.25, 0.3) is 5.91 Å². The van der Waals surface area contributed by atoms with Gasteiger partial charge in [0.05, 0.1) is 20.2 Å². The lowest BCUT2D eigenvalue weighted by atomic mass is 9.93. The topological polar surface area (TPSA) is 63.6 Å². The van der Waals surface area contributed by atoms with E-state index in [0.717, 1.165) is 21.3 Å². The number of rotatable bonds is 6. The van der Waals surface area contributed by atoms with E-state index in [2.05, 4.69) is 5.32 Å². The molecule has 1 aliphatic heterocycles. The average molecular weight is 478 g/mol. The fourth-order valence-corrected chi connectivity index (χ4v) is 5.38. The minimum absolute atomic E-state index is 0.208. The first-order chi connectivity index (χ1) is 16.4. The molecule has 0 aliphatic carbocycles. The number of nitrogens with zero attached hydrogens (tertiary/aromatic N) is 2. The van der Waals surface area contributed by atoms with E-state index in [4.69, 9.17) is 4.74 Å². The Kier molecular flexibility index (Phi) is 5.61. The molecule has 0 saturated carbocycles. The number of thiophene rings is 1. The van der Waals surface area contributed by atoms with Crippen LogP contribution in [0, 0.1) is 5.82 Å². The summed E-state index contributed by atoms with van der Waals surface area (Å²) >= 11 is 1.55. The Morgan fingerprint density at radius 3 is 2.71 bits per heavy atom. The average Bonchev–Trinajstić information content (AvgIpc) is 3.44. The van der Waals surface area contributed by atoms with Crippen LogP contribution >= 0.6 is 11.3 Å². The zero-order chi connectivity index (χ0) is 23.9. The summed E-state index contributed by atoms with van der Waals surface area (Å²) in [6, 6.07) is 17.4. The highest BCUT2D eigenvalue weighted by Crippen LogP contribution is 2.36. The number of hydrogen-bond acceptors (Lipinski definition) is 4. The molecule has 0 saturated heterocycles. The van der Waals surface area contributed by atoms with Gasteiger partial charge in [0.1, 0.15) is 27.6 Å². The zero-order valence-electron chi connectivity index (χ0n) is 18.9. The van der Waals surface area contributed by atoms with Crippen molar-refractivity contribution in [1.29, 1.82) is 0 Å². The van der Waals surface area contributed by atoms with Gasteiger partial charge in [0.2, 0.25) is 5.91 Å². The maximum Gasteiger partial charge on any atom is 0.271 e. The van der Waals surface area contributed by atoms with Crippen LogP contribution in [0.25, 0.3) is 10.2 Å². The van der Waals surface area contributed by atoms with Gasteiger partial charge < -0.3 is 19.5 Å². The van der Waals surface area contributed by atoms with Crippen molar-refractivity contribution in [1.82, 2.24) is 14.8 Å². The molecule has 0 bridgehead atoms. The Morgan fingerprint density at radius 2 is 1.94 bits per heavy atom. The van der Waals surface area contributed by atoms with E-state index in [9.17, 15) is 14.0 Å². The Labute approximate surface area is 200 Å². The monoisotopic (exact) mass is 477 g/mol. The maximum absolute atomic E-state index is 13.8. The summed E-state index contributed by atoms with van der Waals surface area (Å²) in [5, 5.41) is 5.93. The third-order valence-electron chi connectivity index (χ3n) is 6.40. The SMILES string of the molecule is COc1ccccc1CN1C(=O)c2cc3ccsc3n2C[C@]1(C)C(=O)NCc1ccc(F)cc1. The molecule has 1 aliphatic rings. The standard InChI is InChI=1S/C26H24FN3O3S/c1-26(25(32)28-14-17-7-9-20(27)10-8-17)16-29-21(13-18-11-12-34-24(18)29)23(31)30(26)15-19-5-3-4-6-22(19)33-2/h3-13H,14-16H2,1-2H3,(H,28,32)/t26-/m1/s1. The van der Waals surface area contributed by atoms with Gasteiger partial charge in [0.15, 0.2) is 0 Å². The molecule has 174 valence electrons. The number of methoxy groups -OCH3 is 1. The number of amides is 2. The highest BCUT2D eigenvalue weighted by molar-refractivity contribution is 7.16. The van der Waals surface area contributed by atoms with Gasteiger partial charge in [-0.3, -0.25) is 9.59 Å². The molecule has 2 aromatic carbocycles. The number of fused-ring (bicyclic) bond motifs is 3. The number of ether oxygens (including phenoxy) is 1. The first kappa shape index (κ1) is 22.2. The lowest BCUT2D eigenvalue weighted by Crippen LogP contribution is -2.63. The largest absolute Gasteiger partial charge is 0.496 e. The lowest BCUT2D eigenvalue weighted by molar-refractivity contribution is -0.133. The number of benzene rings is 2. The third kappa shape index (κ3) is 3.74. The second kappa shape index (κ2) is 8.61. The first-order valence-electron chi connectivity index (χ1n) is 10.9. The second-order valence-electron chi connectivity index (χ2n) is 8.58. The molecule has 4 aromatic rings. The van der Waals surface area contributed by atoms with Crippen LogP contribution in [0.2, 0.25) is 0 Å². The fraction of sp³-hybridized carbons (Fsp3) is 0.231. The smallest absolute Gasteiger partial charge is 0.271 e. The molecule has 0 fully saturated rings. The Balaban J connectivity index is 1.51. The van der Waals surface area contributed by atoms with Crippen molar-refractivity contribution in [2.45, 2.75) is 32.1 Å². The van der Waals surface area contributed by atoms with E-state index >= 15 is 0 Å². The summed E-state index contributed by atoms with van der Waals surface area (Å²) in [7, 11) is 1.59. The van der Waals surface area contributed by atoms with E-state index in [1.807, 2.05) is 46.3 Å². The number of carbonyl (C=O) groups excluding carboxylic acids is 2. The predicted octanol–water partition coefficient (Wildman–Crippen LogP) is 4.58. The number of carbonyl (C=O) groups is 2. The normalized spacial score (nSPS) is 17.6.